The van der Waals surface area contributed by atoms with E-state index in [1.165, 1.54) is 20.9 Å². The molecule has 1 atom stereocenters. The number of hydrogen-bond donors (Lipinski definition) is 1. The van der Waals surface area contributed by atoms with Crippen molar-refractivity contribution in [1.82, 2.24) is 5.32 Å². The van der Waals surface area contributed by atoms with Crippen molar-refractivity contribution in [3.63, 3.8) is 0 Å². The van der Waals surface area contributed by atoms with Crippen molar-refractivity contribution in [1.29, 1.82) is 0 Å². The van der Waals surface area contributed by atoms with E-state index in [2.05, 4.69) is 42.9 Å². The van der Waals surface area contributed by atoms with E-state index in [-0.39, 0.29) is 6.04 Å². The molecule has 92 valence electrons. The summed E-state index contributed by atoms with van der Waals surface area (Å²) in [4.78, 5) is 2.60. The number of aryl methyl sites for hydroxylation is 2. The maximum absolute atomic E-state index is 6.38. The van der Waals surface area contributed by atoms with Crippen LogP contribution in [0.4, 0.5) is 0 Å². The minimum atomic E-state index is 0.242. The highest BCUT2D eigenvalue weighted by atomic mass is 35.5. The molecule has 17 heavy (non-hydrogen) atoms. The molecule has 2 aromatic heterocycles. The number of nitrogens with one attached hydrogen (secondary N) is 1. The van der Waals surface area contributed by atoms with Gasteiger partial charge in [-0.25, -0.2) is 0 Å². The second-order valence-electron chi connectivity index (χ2n) is 4.06. The van der Waals surface area contributed by atoms with E-state index < -0.39 is 0 Å². The fraction of sp³-hybridized carbons (Fsp3) is 0.385. The predicted molar refractivity (Wildman–Crippen MR) is 78.6 cm³/mol. The van der Waals surface area contributed by atoms with Crippen LogP contribution in [0.1, 0.15) is 33.8 Å². The van der Waals surface area contributed by atoms with E-state index in [1.807, 2.05) is 0 Å². The number of hydrogen-bond acceptors (Lipinski definition) is 3. The number of rotatable bonds is 4. The summed E-state index contributed by atoms with van der Waals surface area (Å²) in [5.74, 6) is 0. The lowest BCUT2D eigenvalue weighted by Crippen LogP contribution is -2.21. The van der Waals surface area contributed by atoms with Gasteiger partial charge in [0, 0.05) is 9.75 Å². The molecule has 0 saturated carbocycles. The van der Waals surface area contributed by atoms with E-state index in [9.17, 15) is 0 Å². The second kappa shape index (κ2) is 5.53. The molecule has 0 aromatic carbocycles. The second-order valence-corrected chi connectivity index (χ2v) is 6.29. The van der Waals surface area contributed by atoms with Gasteiger partial charge in [0.05, 0.1) is 11.1 Å². The average molecular weight is 286 g/mol. The zero-order valence-corrected chi connectivity index (χ0v) is 12.6. The van der Waals surface area contributed by atoms with Gasteiger partial charge in [-0.05, 0) is 48.3 Å². The van der Waals surface area contributed by atoms with Gasteiger partial charge in [-0.1, -0.05) is 18.5 Å². The Morgan fingerprint density at radius 2 is 2.00 bits per heavy atom. The predicted octanol–water partition coefficient (Wildman–Crippen LogP) is 4.78. The molecule has 1 unspecified atom stereocenters. The van der Waals surface area contributed by atoms with Crippen molar-refractivity contribution in [3.05, 3.63) is 42.7 Å². The van der Waals surface area contributed by atoms with Gasteiger partial charge < -0.3 is 5.32 Å². The third-order valence-corrected chi connectivity index (χ3v) is 5.62. The summed E-state index contributed by atoms with van der Waals surface area (Å²) in [7, 11) is 0. The number of thiophene rings is 2. The lowest BCUT2D eigenvalue weighted by Gasteiger charge is -2.17. The summed E-state index contributed by atoms with van der Waals surface area (Å²) in [6.07, 6.45) is 0. The summed E-state index contributed by atoms with van der Waals surface area (Å²) in [5, 5.41) is 8.72. The first-order chi connectivity index (χ1) is 8.15. The van der Waals surface area contributed by atoms with Crippen molar-refractivity contribution in [2.75, 3.05) is 6.54 Å². The largest absolute Gasteiger partial charge is 0.305 e. The molecule has 0 spiro atoms. The van der Waals surface area contributed by atoms with Gasteiger partial charge in [-0.3, -0.25) is 0 Å². The zero-order valence-electron chi connectivity index (χ0n) is 10.2. The maximum atomic E-state index is 6.38. The third-order valence-electron chi connectivity index (χ3n) is 2.76. The summed E-state index contributed by atoms with van der Waals surface area (Å²) in [5.41, 5.74) is 2.51. The Balaban J connectivity index is 2.43. The Bertz CT molecular complexity index is 501. The normalized spacial score (nSPS) is 12.9. The topological polar surface area (TPSA) is 12.0 Å². The Hall–Kier alpha value is -0.350. The SMILES string of the molecule is CCNC(c1sccc1C)c1scc(C)c1Cl. The quantitative estimate of drug-likeness (QED) is 0.852. The molecule has 4 heteroatoms. The minimum Gasteiger partial charge on any atom is -0.305 e. The van der Waals surface area contributed by atoms with Crippen molar-refractivity contribution >= 4 is 34.3 Å². The molecule has 0 saturated heterocycles. The first-order valence-electron chi connectivity index (χ1n) is 5.66. The fourth-order valence-electron chi connectivity index (χ4n) is 1.83. The molecule has 0 aliphatic heterocycles. The minimum absolute atomic E-state index is 0.242. The molecular weight excluding hydrogens is 270 g/mol. The van der Waals surface area contributed by atoms with Gasteiger partial charge in [-0.15, -0.1) is 22.7 Å². The van der Waals surface area contributed by atoms with Crippen LogP contribution in [0.15, 0.2) is 16.8 Å². The van der Waals surface area contributed by atoms with E-state index in [4.69, 9.17) is 11.6 Å². The maximum Gasteiger partial charge on any atom is 0.0782 e. The summed E-state index contributed by atoms with van der Waals surface area (Å²) in [6.45, 7) is 7.29. The monoisotopic (exact) mass is 285 g/mol. The highest BCUT2D eigenvalue weighted by Crippen LogP contribution is 2.38. The van der Waals surface area contributed by atoms with E-state index >= 15 is 0 Å². The molecule has 0 amide bonds. The van der Waals surface area contributed by atoms with Crippen LogP contribution in [0.25, 0.3) is 0 Å². The average Bonchev–Trinajstić information content (AvgIpc) is 2.85. The highest BCUT2D eigenvalue weighted by molar-refractivity contribution is 7.12. The Morgan fingerprint density at radius 3 is 2.47 bits per heavy atom. The zero-order chi connectivity index (χ0) is 12.4. The van der Waals surface area contributed by atoms with Crippen LogP contribution < -0.4 is 5.32 Å². The Kier molecular flexibility index (Phi) is 4.26. The van der Waals surface area contributed by atoms with Crippen LogP contribution >= 0.6 is 34.3 Å². The Morgan fingerprint density at radius 1 is 1.24 bits per heavy atom. The molecule has 2 heterocycles. The van der Waals surface area contributed by atoms with Gasteiger partial charge in [0.1, 0.15) is 0 Å². The van der Waals surface area contributed by atoms with Crippen molar-refractivity contribution in [2.24, 2.45) is 0 Å². The number of halogens is 1. The van der Waals surface area contributed by atoms with Gasteiger partial charge in [0.25, 0.3) is 0 Å². The summed E-state index contributed by atoms with van der Waals surface area (Å²) < 4.78 is 0. The van der Waals surface area contributed by atoms with E-state index in [1.54, 1.807) is 22.7 Å². The first-order valence-corrected chi connectivity index (χ1v) is 7.79. The highest BCUT2D eigenvalue weighted by Gasteiger charge is 2.21. The summed E-state index contributed by atoms with van der Waals surface area (Å²) >= 11 is 9.92. The first kappa shape index (κ1) is 13.1. The smallest absolute Gasteiger partial charge is 0.0782 e. The molecule has 0 radical (unpaired) electrons. The third kappa shape index (κ3) is 2.58. The van der Waals surface area contributed by atoms with Crippen LogP contribution in [0.5, 0.6) is 0 Å². The van der Waals surface area contributed by atoms with Crippen molar-refractivity contribution in [3.8, 4) is 0 Å². The Labute approximate surface area is 115 Å². The molecule has 2 rings (SSSR count). The van der Waals surface area contributed by atoms with E-state index in [0.29, 0.717) is 0 Å². The van der Waals surface area contributed by atoms with Crippen LogP contribution in [-0.4, -0.2) is 6.54 Å². The molecule has 0 aliphatic carbocycles. The van der Waals surface area contributed by atoms with Crippen LogP contribution in [0.3, 0.4) is 0 Å². The van der Waals surface area contributed by atoms with Gasteiger partial charge in [0.15, 0.2) is 0 Å². The molecule has 1 N–H and O–H groups in total. The molecule has 2 aromatic rings. The molecule has 0 bridgehead atoms. The fourth-order valence-corrected chi connectivity index (χ4v) is 4.30. The molecule has 1 nitrogen and oxygen atoms in total. The van der Waals surface area contributed by atoms with Gasteiger partial charge in [0.2, 0.25) is 0 Å². The van der Waals surface area contributed by atoms with Crippen LogP contribution in [0, 0.1) is 13.8 Å². The van der Waals surface area contributed by atoms with Crippen molar-refractivity contribution in [2.45, 2.75) is 26.8 Å². The lowest BCUT2D eigenvalue weighted by molar-refractivity contribution is 0.646. The molecule has 0 fully saturated rings. The van der Waals surface area contributed by atoms with E-state index in [0.717, 1.165) is 11.6 Å². The molecular formula is C13H16ClNS2. The van der Waals surface area contributed by atoms with Crippen molar-refractivity contribution < 1.29 is 0 Å². The van der Waals surface area contributed by atoms with Crippen LogP contribution in [-0.2, 0) is 0 Å². The molecule has 0 aliphatic rings. The summed E-state index contributed by atoms with van der Waals surface area (Å²) in [6, 6.07) is 2.41. The van der Waals surface area contributed by atoms with Crippen LogP contribution in [0.2, 0.25) is 5.02 Å². The standard InChI is InChI=1S/C13H16ClNS2/c1-4-15-11(12-8(2)5-6-16-12)13-10(14)9(3)7-17-13/h5-7,11,15H,4H2,1-3H3. The van der Waals surface area contributed by atoms with Gasteiger partial charge in [-0.2, -0.15) is 0 Å². The lowest BCUT2D eigenvalue weighted by atomic mass is 10.1. The van der Waals surface area contributed by atoms with Gasteiger partial charge >= 0.3 is 0 Å².